The fraction of sp³-hybridized carbons (Fsp3) is 0.538. The van der Waals surface area contributed by atoms with Crippen molar-refractivity contribution in [3.63, 3.8) is 0 Å². The zero-order valence-electron chi connectivity index (χ0n) is 9.92. The van der Waals surface area contributed by atoms with Crippen molar-refractivity contribution in [2.24, 2.45) is 5.73 Å². The Bertz CT molecular complexity index is 234. The van der Waals surface area contributed by atoms with Crippen LogP contribution in [-0.2, 0) is 0 Å². The van der Waals surface area contributed by atoms with Crippen LogP contribution in [0.15, 0.2) is 36.5 Å². The van der Waals surface area contributed by atoms with Gasteiger partial charge < -0.3 is 15.9 Å². The second kappa shape index (κ2) is 10.6. The third-order valence-electron chi connectivity index (χ3n) is 2.10. The highest BCUT2D eigenvalue weighted by Gasteiger charge is 2.08. The zero-order chi connectivity index (χ0) is 12.2. The van der Waals surface area contributed by atoms with Crippen molar-refractivity contribution in [3.8, 4) is 0 Å². The fourth-order valence-electron chi connectivity index (χ4n) is 1.07. The van der Waals surface area contributed by atoms with Crippen LogP contribution in [0.3, 0.4) is 0 Å². The van der Waals surface area contributed by atoms with Gasteiger partial charge in [0.1, 0.15) is 0 Å². The van der Waals surface area contributed by atoms with Crippen molar-refractivity contribution in [3.05, 3.63) is 36.5 Å². The van der Waals surface area contributed by atoms with E-state index in [0.29, 0.717) is 0 Å². The van der Waals surface area contributed by atoms with Gasteiger partial charge in [-0.2, -0.15) is 0 Å². The van der Waals surface area contributed by atoms with Crippen LogP contribution in [0.1, 0.15) is 26.2 Å². The first-order valence-electron chi connectivity index (χ1n) is 5.75. The topological polar surface area (TPSA) is 66.5 Å². The van der Waals surface area contributed by atoms with E-state index in [1.807, 2.05) is 18.2 Å². The Kier molecular flexibility index (Phi) is 10.0. The molecule has 4 N–H and O–H groups in total. The molecule has 3 heteroatoms. The first kappa shape index (κ1) is 15.1. The molecule has 0 aromatic carbocycles. The summed E-state index contributed by atoms with van der Waals surface area (Å²) in [5.41, 5.74) is 5.44. The Morgan fingerprint density at radius 1 is 1.12 bits per heavy atom. The largest absolute Gasteiger partial charge is 0.395 e. The molecule has 0 amide bonds. The van der Waals surface area contributed by atoms with Crippen molar-refractivity contribution in [1.29, 1.82) is 0 Å². The molecule has 0 rings (SSSR count). The van der Waals surface area contributed by atoms with E-state index in [1.54, 1.807) is 6.08 Å². The lowest BCUT2D eigenvalue weighted by molar-refractivity contribution is 0.144. The summed E-state index contributed by atoms with van der Waals surface area (Å²) in [6.07, 6.45) is 13.8. The molecule has 0 saturated carbocycles. The molecule has 0 aromatic heterocycles. The predicted molar refractivity (Wildman–Crippen MR) is 68.0 cm³/mol. The molecule has 16 heavy (non-hydrogen) atoms. The third-order valence-corrected chi connectivity index (χ3v) is 2.10. The lowest BCUT2D eigenvalue weighted by Crippen LogP contribution is -2.36. The van der Waals surface area contributed by atoms with Gasteiger partial charge in [0.15, 0.2) is 0 Å². The molecule has 0 heterocycles. The van der Waals surface area contributed by atoms with E-state index in [1.165, 1.54) is 0 Å². The van der Waals surface area contributed by atoms with Gasteiger partial charge in [-0.3, -0.25) is 0 Å². The van der Waals surface area contributed by atoms with Gasteiger partial charge in [-0.15, -0.1) is 0 Å². The summed E-state index contributed by atoms with van der Waals surface area (Å²) < 4.78 is 0. The number of hydrogen-bond acceptors (Lipinski definition) is 3. The van der Waals surface area contributed by atoms with E-state index < -0.39 is 12.1 Å². The summed E-state index contributed by atoms with van der Waals surface area (Å²) in [4.78, 5) is 0. The van der Waals surface area contributed by atoms with Gasteiger partial charge in [-0.05, 0) is 19.3 Å². The summed E-state index contributed by atoms with van der Waals surface area (Å²) in [7, 11) is 0. The predicted octanol–water partition coefficient (Wildman–Crippen LogP) is 1.53. The Morgan fingerprint density at radius 2 is 1.75 bits per heavy atom. The number of nitrogens with two attached hydrogens (primary N) is 1. The molecule has 0 saturated heterocycles. The lowest BCUT2D eigenvalue weighted by atomic mass is 10.1. The minimum Gasteiger partial charge on any atom is -0.395 e. The first-order valence-corrected chi connectivity index (χ1v) is 5.75. The lowest BCUT2D eigenvalue weighted by Gasteiger charge is -2.11. The quantitative estimate of drug-likeness (QED) is 0.333. The standard InChI is InChI=1S/C13H23NO2/c1-2-3-4-5-6-7-8-9-10-13(16)12(14)11-15/h3-6,9-10,12-13,15-16H,2,7-8,11,14H2,1H3/b4-3+,6-5+,10-9+/t12-,13+/m0/s1. The summed E-state index contributed by atoms with van der Waals surface area (Å²) in [5.74, 6) is 0. The molecule has 0 aliphatic rings. The van der Waals surface area contributed by atoms with Crippen LogP contribution < -0.4 is 5.73 Å². The first-order chi connectivity index (χ1) is 7.72. The summed E-state index contributed by atoms with van der Waals surface area (Å²) >= 11 is 0. The molecule has 0 aliphatic carbocycles. The minimum atomic E-state index is -0.756. The molecule has 0 fully saturated rings. The normalized spacial score (nSPS) is 16.5. The number of aliphatic hydroxyl groups excluding tert-OH is 2. The summed E-state index contributed by atoms with van der Waals surface area (Å²) in [6, 6.07) is -0.584. The second-order valence-electron chi connectivity index (χ2n) is 3.61. The number of hydrogen-bond donors (Lipinski definition) is 3. The maximum Gasteiger partial charge on any atom is 0.0894 e. The average molecular weight is 225 g/mol. The van der Waals surface area contributed by atoms with E-state index in [-0.39, 0.29) is 6.61 Å². The highest BCUT2D eigenvalue weighted by Crippen LogP contribution is 1.97. The highest BCUT2D eigenvalue weighted by molar-refractivity contribution is 5.03. The van der Waals surface area contributed by atoms with Crippen molar-refractivity contribution < 1.29 is 10.2 Å². The smallest absolute Gasteiger partial charge is 0.0894 e. The molecule has 0 bridgehead atoms. The molecular formula is C13H23NO2. The molecule has 3 nitrogen and oxygen atoms in total. The fourth-order valence-corrected chi connectivity index (χ4v) is 1.07. The minimum absolute atomic E-state index is 0.201. The van der Waals surface area contributed by atoms with Gasteiger partial charge in [-0.25, -0.2) is 0 Å². The second-order valence-corrected chi connectivity index (χ2v) is 3.61. The summed E-state index contributed by atoms with van der Waals surface area (Å²) in [5, 5.41) is 18.1. The SMILES string of the molecule is CC/C=C/C=C/CC/C=C/[C@@H](O)[C@@H](N)CO. The van der Waals surface area contributed by atoms with E-state index >= 15 is 0 Å². The molecular weight excluding hydrogens is 202 g/mol. The molecule has 0 radical (unpaired) electrons. The molecule has 0 spiro atoms. The van der Waals surface area contributed by atoms with Crippen LogP contribution >= 0.6 is 0 Å². The maximum absolute atomic E-state index is 9.39. The number of rotatable bonds is 8. The van der Waals surface area contributed by atoms with Crippen molar-refractivity contribution in [2.45, 2.75) is 38.3 Å². The maximum atomic E-state index is 9.39. The van der Waals surface area contributed by atoms with Gasteiger partial charge in [-0.1, -0.05) is 43.4 Å². The molecule has 0 aliphatic heterocycles. The monoisotopic (exact) mass is 225 g/mol. The molecule has 2 atom stereocenters. The number of aliphatic hydroxyl groups is 2. The van der Waals surface area contributed by atoms with Gasteiger partial charge in [0.2, 0.25) is 0 Å². The van der Waals surface area contributed by atoms with Crippen LogP contribution in [0.5, 0.6) is 0 Å². The van der Waals surface area contributed by atoms with E-state index in [9.17, 15) is 5.11 Å². The van der Waals surface area contributed by atoms with Crippen LogP contribution in [0.25, 0.3) is 0 Å². The Balaban J connectivity index is 3.61. The van der Waals surface area contributed by atoms with Crippen LogP contribution in [-0.4, -0.2) is 29.0 Å². The van der Waals surface area contributed by atoms with Crippen LogP contribution in [0.4, 0.5) is 0 Å². The molecule has 92 valence electrons. The van der Waals surface area contributed by atoms with E-state index in [2.05, 4.69) is 19.1 Å². The van der Waals surface area contributed by atoms with Crippen LogP contribution in [0, 0.1) is 0 Å². The molecule has 0 unspecified atom stereocenters. The Hall–Kier alpha value is -0.900. The van der Waals surface area contributed by atoms with Crippen molar-refractivity contribution >= 4 is 0 Å². The van der Waals surface area contributed by atoms with E-state index in [4.69, 9.17) is 10.8 Å². The van der Waals surface area contributed by atoms with Gasteiger partial charge in [0.05, 0.1) is 18.8 Å². The van der Waals surface area contributed by atoms with Crippen molar-refractivity contribution in [1.82, 2.24) is 0 Å². The van der Waals surface area contributed by atoms with Gasteiger partial charge >= 0.3 is 0 Å². The summed E-state index contributed by atoms with van der Waals surface area (Å²) in [6.45, 7) is 1.89. The Morgan fingerprint density at radius 3 is 2.38 bits per heavy atom. The zero-order valence-corrected chi connectivity index (χ0v) is 9.92. The highest BCUT2D eigenvalue weighted by atomic mass is 16.3. The van der Waals surface area contributed by atoms with Gasteiger partial charge in [0.25, 0.3) is 0 Å². The number of unbranched alkanes of at least 4 members (excludes halogenated alkanes) is 1. The van der Waals surface area contributed by atoms with Crippen LogP contribution in [0.2, 0.25) is 0 Å². The van der Waals surface area contributed by atoms with Gasteiger partial charge in [0, 0.05) is 0 Å². The van der Waals surface area contributed by atoms with Crippen molar-refractivity contribution in [2.75, 3.05) is 6.61 Å². The third kappa shape index (κ3) is 8.41. The molecule has 0 aromatic rings. The average Bonchev–Trinajstić information content (AvgIpc) is 2.31. The number of allylic oxidation sites excluding steroid dienone is 5. The van der Waals surface area contributed by atoms with E-state index in [0.717, 1.165) is 19.3 Å². The Labute approximate surface area is 98.0 Å².